The zero-order valence-electron chi connectivity index (χ0n) is 17.4. The summed E-state index contributed by atoms with van der Waals surface area (Å²) in [6.07, 6.45) is 0. The lowest BCUT2D eigenvalue weighted by molar-refractivity contribution is -0.139. The number of halogens is 1. The van der Waals surface area contributed by atoms with Crippen LogP contribution in [-0.4, -0.2) is 38.2 Å². The highest BCUT2D eigenvalue weighted by Gasteiger charge is 2.34. The van der Waals surface area contributed by atoms with Crippen LogP contribution in [0.2, 0.25) is 5.02 Å². The molecule has 0 saturated heterocycles. The van der Waals surface area contributed by atoms with E-state index in [9.17, 15) is 14.4 Å². The fraction of sp³-hybridized carbons (Fsp3) is 0.227. The van der Waals surface area contributed by atoms with Crippen molar-refractivity contribution in [3.63, 3.8) is 0 Å². The van der Waals surface area contributed by atoms with Gasteiger partial charge in [0.1, 0.15) is 18.1 Å². The molecular weight excluding hydrogens is 438 g/mol. The molecule has 1 aliphatic heterocycles. The first-order valence-corrected chi connectivity index (χ1v) is 10.1. The minimum absolute atomic E-state index is 0.0720. The number of hydrogen-bond acceptors (Lipinski definition) is 6. The number of primary amides is 1. The number of ether oxygens (including phenoxy) is 3. The Balaban J connectivity index is 1.99. The number of hydrogen-bond donors (Lipinski definition) is 3. The Morgan fingerprint density at radius 1 is 1.16 bits per heavy atom. The normalized spacial score (nSPS) is 15.5. The molecular formula is C22H22ClN3O6. The fourth-order valence-electron chi connectivity index (χ4n) is 3.20. The number of benzene rings is 2. The SMILES string of the molecule is CCOC(=O)C1=C(COc2ccc(Cl)cc2C(N)=O)NC(=O)NC1c1ccc(OC)cc1. The number of rotatable bonds is 8. The Hall–Kier alpha value is -3.72. The van der Waals surface area contributed by atoms with Crippen molar-refractivity contribution >= 4 is 29.5 Å². The van der Waals surface area contributed by atoms with E-state index < -0.39 is 23.9 Å². The lowest BCUT2D eigenvalue weighted by atomic mass is 9.95. The second-order valence-electron chi connectivity index (χ2n) is 6.71. The summed E-state index contributed by atoms with van der Waals surface area (Å²) in [5.41, 5.74) is 6.48. The molecule has 0 fully saturated rings. The van der Waals surface area contributed by atoms with Crippen molar-refractivity contribution in [1.82, 2.24) is 10.6 Å². The van der Waals surface area contributed by atoms with Crippen LogP contribution in [0.4, 0.5) is 4.79 Å². The molecule has 0 bridgehead atoms. The summed E-state index contributed by atoms with van der Waals surface area (Å²) < 4.78 is 16.1. The van der Waals surface area contributed by atoms with E-state index >= 15 is 0 Å². The molecule has 1 aliphatic rings. The highest BCUT2D eigenvalue weighted by atomic mass is 35.5. The van der Waals surface area contributed by atoms with Crippen LogP contribution in [-0.2, 0) is 9.53 Å². The minimum Gasteiger partial charge on any atom is -0.497 e. The maximum Gasteiger partial charge on any atom is 0.338 e. The largest absolute Gasteiger partial charge is 0.497 e. The first kappa shape index (κ1) is 23.0. The molecule has 0 aliphatic carbocycles. The van der Waals surface area contributed by atoms with Gasteiger partial charge in [-0.2, -0.15) is 0 Å². The molecule has 3 rings (SSSR count). The molecule has 168 valence electrons. The van der Waals surface area contributed by atoms with E-state index in [1.54, 1.807) is 31.2 Å². The summed E-state index contributed by atoms with van der Waals surface area (Å²) in [4.78, 5) is 36.9. The molecule has 9 nitrogen and oxygen atoms in total. The average Bonchev–Trinajstić information content (AvgIpc) is 2.77. The molecule has 1 unspecified atom stereocenters. The van der Waals surface area contributed by atoms with Crippen molar-refractivity contribution < 1.29 is 28.6 Å². The van der Waals surface area contributed by atoms with E-state index in [1.807, 2.05) is 0 Å². The molecule has 0 saturated carbocycles. The van der Waals surface area contributed by atoms with Crippen LogP contribution < -0.4 is 25.8 Å². The zero-order valence-corrected chi connectivity index (χ0v) is 18.2. The number of esters is 1. The molecule has 2 aromatic carbocycles. The van der Waals surface area contributed by atoms with Crippen LogP contribution in [0.5, 0.6) is 11.5 Å². The first-order chi connectivity index (χ1) is 15.3. The Labute approximate surface area is 189 Å². The third-order valence-electron chi connectivity index (χ3n) is 4.68. The summed E-state index contributed by atoms with van der Waals surface area (Å²) in [5, 5.41) is 5.64. The molecule has 0 aromatic heterocycles. The van der Waals surface area contributed by atoms with Gasteiger partial charge in [0.05, 0.1) is 36.6 Å². The van der Waals surface area contributed by atoms with Gasteiger partial charge in [-0.05, 0) is 42.8 Å². The zero-order chi connectivity index (χ0) is 23.3. The summed E-state index contributed by atoms with van der Waals surface area (Å²) in [6.45, 7) is 1.59. The molecule has 1 heterocycles. The van der Waals surface area contributed by atoms with Crippen molar-refractivity contribution in [2.75, 3.05) is 20.3 Å². The Kier molecular flexibility index (Phi) is 7.21. The van der Waals surface area contributed by atoms with Crippen LogP contribution >= 0.6 is 11.6 Å². The van der Waals surface area contributed by atoms with Gasteiger partial charge in [0, 0.05) is 5.02 Å². The van der Waals surface area contributed by atoms with E-state index in [2.05, 4.69) is 10.6 Å². The Morgan fingerprint density at radius 3 is 2.50 bits per heavy atom. The number of nitrogens with one attached hydrogen (secondary N) is 2. The van der Waals surface area contributed by atoms with Crippen LogP contribution in [0, 0.1) is 0 Å². The fourth-order valence-corrected chi connectivity index (χ4v) is 3.37. The Morgan fingerprint density at radius 2 is 1.88 bits per heavy atom. The van der Waals surface area contributed by atoms with Gasteiger partial charge in [0.25, 0.3) is 5.91 Å². The molecule has 0 spiro atoms. The minimum atomic E-state index is -0.784. The van der Waals surface area contributed by atoms with Gasteiger partial charge in [-0.1, -0.05) is 23.7 Å². The van der Waals surface area contributed by atoms with E-state index in [4.69, 9.17) is 31.5 Å². The number of carbonyl (C=O) groups is 3. The second kappa shape index (κ2) is 10.1. The van der Waals surface area contributed by atoms with E-state index in [-0.39, 0.29) is 35.8 Å². The molecule has 2 aromatic rings. The van der Waals surface area contributed by atoms with Crippen LogP contribution in [0.3, 0.4) is 0 Å². The highest BCUT2D eigenvalue weighted by Crippen LogP contribution is 2.30. The van der Waals surface area contributed by atoms with Crippen LogP contribution in [0.25, 0.3) is 0 Å². The summed E-state index contributed by atoms with van der Waals surface area (Å²) in [5.74, 6) is -0.564. The molecule has 10 heteroatoms. The molecule has 0 radical (unpaired) electrons. The maximum absolute atomic E-state index is 12.8. The van der Waals surface area contributed by atoms with E-state index in [0.717, 1.165) is 0 Å². The topological polar surface area (TPSA) is 129 Å². The third kappa shape index (κ3) is 5.12. The molecule has 1 atom stereocenters. The monoisotopic (exact) mass is 459 g/mol. The Bertz CT molecular complexity index is 1070. The number of methoxy groups -OCH3 is 1. The van der Waals surface area contributed by atoms with Crippen molar-refractivity contribution in [3.8, 4) is 11.5 Å². The number of nitrogens with two attached hydrogens (primary N) is 1. The van der Waals surface area contributed by atoms with Gasteiger partial charge >= 0.3 is 12.0 Å². The smallest absolute Gasteiger partial charge is 0.338 e. The van der Waals surface area contributed by atoms with Gasteiger partial charge in [-0.25, -0.2) is 9.59 Å². The van der Waals surface area contributed by atoms with Crippen molar-refractivity contribution in [1.29, 1.82) is 0 Å². The average molecular weight is 460 g/mol. The standard InChI is InChI=1S/C22H22ClN3O6/c1-3-31-21(28)18-16(11-32-17-9-6-13(23)10-15(17)20(24)27)25-22(29)26-19(18)12-4-7-14(30-2)8-5-12/h4-10,19H,3,11H2,1-2H3,(H2,24,27)(H2,25,26,29). The summed E-state index contributed by atoms with van der Waals surface area (Å²) >= 11 is 5.93. The lowest BCUT2D eigenvalue weighted by Gasteiger charge is -2.29. The molecule has 3 amide bonds. The van der Waals surface area contributed by atoms with Crippen LogP contribution in [0.15, 0.2) is 53.7 Å². The summed E-state index contributed by atoms with van der Waals surface area (Å²) in [6, 6.07) is 9.99. The first-order valence-electron chi connectivity index (χ1n) is 9.67. The number of amides is 3. The summed E-state index contributed by atoms with van der Waals surface area (Å²) in [7, 11) is 1.54. The van der Waals surface area contributed by atoms with E-state index in [1.165, 1.54) is 25.3 Å². The van der Waals surface area contributed by atoms with E-state index in [0.29, 0.717) is 16.3 Å². The van der Waals surface area contributed by atoms with Crippen molar-refractivity contribution in [2.24, 2.45) is 5.73 Å². The predicted octanol–water partition coefficient (Wildman–Crippen LogP) is 2.70. The van der Waals surface area contributed by atoms with Gasteiger partial charge in [-0.15, -0.1) is 0 Å². The quantitative estimate of drug-likeness (QED) is 0.520. The van der Waals surface area contributed by atoms with Gasteiger partial charge in [0.15, 0.2) is 0 Å². The van der Waals surface area contributed by atoms with Crippen molar-refractivity contribution in [2.45, 2.75) is 13.0 Å². The van der Waals surface area contributed by atoms with Gasteiger partial charge in [0.2, 0.25) is 0 Å². The molecule has 32 heavy (non-hydrogen) atoms. The number of urea groups is 1. The maximum atomic E-state index is 12.8. The second-order valence-corrected chi connectivity index (χ2v) is 7.15. The highest BCUT2D eigenvalue weighted by molar-refractivity contribution is 6.31. The number of carbonyl (C=O) groups excluding carboxylic acids is 3. The van der Waals surface area contributed by atoms with Crippen molar-refractivity contribution in [3.05, 3.63) is 69.9 Å². The van der Waals surface area contributed by atoms with Gasteiger partial charge in [-0.3, -0.25) is 4.79 Å². The van der Waals surface area contributed by atoms with Gasteiger partial charge < -0.3 is 30.6 Å². The predicted molar refractivity (Wildman–Crippen MR) is 117 cm³/mol. The third-order valence-corrected chi connectivity index (χ3v) is 4.91. The lowest BCUT2D eigenvalue weighted by Crippen LogP contribution is -2.47. The molecule has 4 N–H and O–H groups in total. The van der Waals surface area contributed by atoms with Crippen LogP contribution in [0.1, 0.15) is 28.9 Å².